The van der Waals surface area contributed by atoms with E-state index in [-0.39, 0.29) is 6.04 Å². The van der Waals surface area contributed by atoms with E-state index in [2.05, 4.69) is 44.3 Å². The first-order chi connectivity index (χ1) is 10.2. The van der Waals surface area contributed by atoms with E-state index in [0.717, 1.165) is 41.0 Å². The topological polar surface area (TPSA) is 38.3 Å². The summed E-state index contributed by atoms with van der Waals surface area (Å²) in [7, 11) is 0. The summed E-state index contributed by atoms with van der Waals surface area (Å²) < 4.78 is 11.6. The van der Waals surface area contributed by atoms with Gasteiger partial charge >= 0.3 is 0 Å². The van der Waals surface area contributed by atoms with Crippen molar-refractivity contribution in [3.63, 3.8) is 0 Å². The molecule has 1 N–H and O–H groups in total. The van der Waals surface area contributed by atoms with E-state index >= 15 is 0 Å². The third-order valence-electron chi connectivity index (χ3n) is 3.80. The number of aryl methyl sites for hydroxylation is 2. The highest BCUT2D eigenvalue weighted by atomic mass is 16.3. The van der Waals surface area contributed by atoms with Crippen LogP contribution in [0, 0.1) is 6.92 Å². The predicted octanol–water partition coefficient (Wildman–Crippen LogP) is 4.60. The molecule has 3 aromatic rings. The molecular formula is C18H21NO2. The zero-order valence-corrected chi connectivity index (χ0v) is 12.8. The summed E-state index contributed by atoms with van der Waals surface area (Å²) in [5.41, 5.74) is 3.34. The van der Waals surface area contributed by atoms with Gasteiger partial charge in [0.25, 0.3) is 0 Å². The minimum Gasteiger partial charge on any atom is -0.469 e. The molecule has 3 rings (SSSR count). The Labute approximate surface area is 124 Å². The van der Waals surface area contributed by atoms with Crippen molar-refractivity contribution in [2.75, 3.05) is 6.54 Å². The van der Waals surface area contributed by atoms with E-state index in [4.69, 9.17) is 8.83 Å². The minimum absolute atomic E-state index is 0.0383. The van der Waals surface area contributed by atoms with E-state index in [1.165, 1.54) is 5.56 Å². The minimum atomic E-state index is 0.0383. The molecule has 21 heavy (non-hydrogen) atoms. The van der Waals surface area contributed by atoms with Crippen LogP contribution < -0.4 is 5.32 Å². The maximum atomic E-state index is 6.06. The number of benzene rings is 1. The van der Waals surface area contributed by atoms with E-state index < -0.39 is 0 Å². The number of hydrogen-bond acceptors (Lipinski definition) is 3. The molecule has 3 nitrogen and oxygen atoms in total. The van der Waals surface area contributed by atoms with Crippen molar-refractivity contribution in [1.29, 1.82) is 0 Å². The third-order valence-corrected chi connectivity index (χ3v) is 3.80. The van der Waals surface area contributed by atoms with E-state index in [9.17, 15) is 0 Å². The number of nitrogens with one attached hydrogen (secondary N) is 1. The molecule has 0 saturated heterocycles. The highest BCUT2D eigenvalue weighted by molar-refractivity contribution is 5.79. The molecule has 0 fully saturated rings. The average Bonchev–Trinajstić information content (AvgIpc) is 3.10. The number of hydrogen-bond donors (Lipinski definition) is 1. The van der Waals surface area contributed by atoms with Gasteiger partial charge < -0.3 is 14.2 Å². The van der Waals surface area contributed by atoms with Gasteiger partial charge in [-0.05, 0) is 37.7 Å². The maximum Gasteiger partial charge on any atom is 0.134 e. The summed E-state index contributed by atoms with van der Waals surface area (Å²) in [6.07, 6.45) is 2.63. The van der Waals surface area contributed by atoms with Crippen molar-refractivity contribution >= 4 is 11.0 Å². The second-order valence-corrected chi connectivity index (χ2v) is 5.33. The molecule has 3 heteroatoms. The number of fused-ring (bicyclic) bond motifs is 1. The van der Waals surface area contributed by atoms with Crippen LogP contribution in [0.25, 0.3) is 11.0 Å². The molecule has 0 spiro atoms. The lowest BCUT2D eigenvalue weighted by Crippen LogP contribution is -2.22. The molecule has 0 bridgehead atoms. The Morgan fingerprint density at radius 2 is 2.00 bits per heavy atom. The Morgan fingerprint density at radius 1 is 1.14 bits per heavy atom. The van der Waals surface area contributed by atoms with Crippen LogP contribution >= 0.6 is 0 Å². The predicted molar refractivity (Wildman–Crippen MR) is 84.6 cm³/mol. The second-order valence-electron chi connectivity index (χ2n) is 5.33. The maximum absolute atomic E-state index is 6.06. The van der Waals surface area contributed by atoms with Gasteiger partial charge in [-0.15, -0.1) is 0 Å². The van der Waals surface area contributed by atoms with Crippen LogP contribution in [0.5, 0.6) is 0 Å². The normalized spacial score (nSPS) is 12.9. The quantitative estimate of drug-likeness (QED) is 0.744. The van der Waals surface area contributed by atoms with Gasteiger partial charge in [-0.3, -0.25) is 0 Å². The van der Waals surface area contributed by atoms with Crippen LogP contribution in [-0.2, 0) is 6.42 Å². The monoisotopic (exact) mass is 283 g/mol. The summed E-state index contributed by atoms with van der Waals surface area (Å²) in [4.78, 5) is 0. The number of rotatable bonds is 5. The Morgan fingerprint density at radius 3 is 2.76 bits per heavy atom. The van der Waals surface area contributed by atoms with Gasteiger partial charge in [-0.2, -0.15) is 0 Å². The molecule has 1 atom stereocenters. The summed E-state index contributed by atoms with van der Waals surface area (Å²) in [6, 6.07) is 10.5. The lowest BCUT2D eigenvalue weighted by atomic mass is 10.0. The molecule has 0 radical (unpaired) electrons. The molecule has 0 aliphatic heterocycles. The van der Waals surface area contributed by atoms with Crippen molar-refractivity contribution in [1.82, 2.24) is 5.32 Å². The summed E-state index contributed by atoms with van der Waals surface area (Å²) in [6.45, 7) is 7.17. The van der Waals surface area contributed by atoms with Crippen molar-refractivity contribution < 1.29 is 8.83 Å². The molecule has 0 saturated carbocycles. The molecule has 1 unspecified atom stereocenters. The smallest absolute Gasteiger partial charge is 0.134 e. The lowest BCUT2D eigenvalue weighted by molar-refractivity contribution is 0.460. The average molecular weight is 283 g/mol. The molecule has 0 aliphatic carbocycles. The molecule has 2 aromatic heterocycles. The molecule has 2 heterocycles. The SMILES string of the molecule is CCNC(c1cc2cc(C)ccc2o1)c1ccoc1CC. The van der Waals surface area contributed by atoms with Crippen LogP contribution in [0.2, 0.25) is 0 Å². The fourth-order valence-electron chi connectivity index (χ4n) is 2.79. The molecule has 1 aromatic carbocycles. The van der Waals surface area contributed by atoms with E-state index in [1.807, 2.05) is 12.1 Å². The van der Waals surface area contributed by atoms with Crippen molar-refractivity contribution in [2.45, 2.75) is 33.2 Å². The Balaban J connectivity index is 2.06. The second kappa shape index (κ2) is 5.78. The first-order valence-corrected chi connectivity index (χ1v) is 7.52. The molecule has 0 aliphatic rings. The largest absolute Gasteiger partial charge is 0.469 e. The van der Waals surface area contributed by atoms with Crippen molar-refractivity contribution in [3.05, 3.63) is 59.2 Å². The Kier molecular flexibility index (Phi) is 3.84. The zero-order chi connectivity index (χ0) is 14.8. The van der Waals surface area contributed by atoms with E-state index in [1.54, 1.807) is 6.26 Å². The van der Waals surface area contributed by atoms with Gasteiger partial charge in [0.2, 0.25) is 0 Å². The summed E-state index contributed by atoms with van der Waals surface area (Å²) in [5, 5.41) is 4.65. The highest BCUT2D eigenvalue weighted by Crippen LogP contribution is 2.31. The Bertz CT molecular complexity index is 739. The van der Waals surface area contributed by atoms with Crippen molar-refractivity contribution in [2.24, 2.45) is 0 Å². The lowest BCUT2D eigenvalue weighted by Gasteiger charge is -2.15. The molecule has 0 amide bonds. The standard InChI is InChI=1S/C18H21NO2/c1-4-15-14(8-9-20-15)18(19-5-2)17-11-13-10-12(3)6-7-16(13)21-17/h6-11,18-19H,4-5H2,1-3H3. The summed E-state index contributed by atoms with van der Waals surface area (Å²) in [5.74, 6) is 1.95. The highest BCUT2D eigenvalue weighted by Gasteiger charge is 2.21. The summed E-state index contributed by atoms with van der Waals surface area (Å²) >= 11 is 0. The van der Waals surface area contributed by atoms with Gasteiger partial charge in [0.15, 0.2) is 0 Å². The van der Waals surface area contributed by atoms with Gasteiger partial charge in [0.1, 0.15) is 17.1 Å². The molecule has 110 valence electrons. The van der Waals surface area contributed by atoms with Gasteiger partial charge in [-0.25, -0.2) is 0 Å². The van der Waals surface area contributed by atoms with Gasteiger partial charge in [-0.1, -0.05) is 25.5 Å². The van der Waals surface area contributed by atoms with Crippen LogP contribution in [0.3, 0.4) is 0 Å². The van der Waals surface area contributed by atoms with E-state index in [0.29, 0.717) is 0 Å². The zero-order valence-electron chi connectivity index (χ0n) is 12.8. The third kappa shape index (κ3) is 2.61. The first kappa shape index (κ1) is 14.0. The van der Waals surface area contributed by atoms with Gasteiger partial charge in [0.05, 0.1) is 12.3 Å². The van der Waals surface area contributed by atoms with Gasteiger partial charge in [0, 0.05) is 17.4 Å². The first-order valence-electron chi connectivity index (χ1n) is 7.52. The van der Waals surface area contributed by atoms with Crippen LogP contribution in [0.15, 0.2) is 45.4 Å². The van der Waals surface area contributed by atoms with Crippen LogP contribution in [0.1, 0.15) is 42.5 Å². The number of furan rings is 2. The van der Waals surface area contributed by atoms with Crippen LogP contribution in [0.4, 0.5) is 0 Å². The Hall–Kier alpha value is -2.00. The van der Waals surface area contributed by atoms with Crippen molar-refractivity contribution in [3.8, 4) is 0 Å². The fourth-order valence-corrected chi connectivity index (χ4v) is 2.79. The van der Waals surface area contributed by atoms with Crippen LogP contribution in [-0.4, -0.2) is 6.54 Å². The molecular weight excluding hydrogens is 262 g/mol. The fraction of sp³-hybridized carbons (Fsp3) is 0.333.